The second kappa shape index (κ2) is 7.77. The number of nitrogens with zero attached hydrogens (tertiary/aromatic N) is 4. The molecular weight excluding hydrogens is 385 g/mol. The molecule has 27 heavy (non-hydrogen) atoms. The Morgan fingerprint density at radius 2 is 2.26 bits per heavy atom. The number of rotatable bonds is 4. The van der Waals surface area contributed by atoms with Gasteiger partial charge < -0.3 is 5.31 Å². The van der Waals surface area contributed by atoms with E-state index in [1.54, 1.807) is 11.0 Å². The van der Waals surface area contributed by atoms with Crippen LogP contribution in [0.25, 0.3) is 10.2 Å². The first-order chi connectivity index (χ1) is 15.7. The molecule has 5 nitrogen and oxygen atoms in total. The number of nitrogens with one attached hydrogen (secondary N) is 1. The SMILES string of the molecule is [2H]c1c([2H])c(C([2H])N2CCC(N([2H])c3ncnc4c([2H])c(Cl)sc34)CC2)c([2H])c(C#N)c1F. The van der Waals surface area contributed by atoms with E-state index in [2.05, 4.69) is 9.97 Å². The summed E-state index contributed by atoms with van der Waals surface area (Å²) in [5.41, 5.74) is -0.419. The highest BCUT2D eigenvalue weighted by Gasteiger charge is 2.21. The quantitative estimate of drug-likeness (QED) is 0.692. The maximum atomic E-state index is 14.1. The zero-order valence-electron chi connectivity index (χ0n) is 20.0. The number of hydrogen-bond donors (Lipinski definition) is 1. The molecule has 1 aliphatic heterocycles. The first-order valence-corrected chi connectivity index (χ1v) is 9.40. The van der Waals surface area contributed by atoms with Crippen LogP contribution in [0, 0.1) is 17.1 Å². The van der Waals surface area contributed by atoms with Crippen molar-refractivity contribution in [2.75, 3.05) is 18.4 Å². The van der Waals surface area contributed by atoms with Crippen LogP contribution >= 0.6 is 22.9 Å². The number of aromatic nitrogens is 2. The Balaban J connectivity index is 1.54. The molecule has 2 aromatic heterocycles. The molecular formula is C19H17ClFN5S. The summed E-state index contributed by atoms with van der Waals surface area (Å²) in [5, 5.41) is 10.4. The van der Waals surface area contributed by atoms with E-state index in [-0.39, 0.29) is 22.0 Å². The van der Waals surface area contributed by atoms with Gasteiger partial charge in [0.2, 0.25) is 0 Å². The predicted octanol–water partition coefficient (Wildman–Crippen LogP) is 4.43. The zero-order valence-corrected chi connectivity index (χ0v) is 15.5. The molecule has 4 rings (SSSR count). The van der Waals surface area contributed by atoms with Crippen molar-refractivity contribution in [3.05, 3.63) is 51.8 Å². The van der Waals surface area contributed by atoms with Crippen molar-refractivity contribution >= 4 is 39.0 Å². The molecule has 1 aromatic carbocycles. The van der Waals surface area contributed by atoms with Crippen molar-refractivity contribution in [1.29, 1.82) is 5.26 Å². The normalized spacial score (nSPS) is 20.0. The molecule has 0 aliphatic carbocycles. The van der Waals surface area contributed by atoms with Crippen LogP contribution in [0.4, 0.5) is 10.2 Å². The fourth-order valence-corrected chi connectivity index (χ4v) is 3.94. The number of fused-ring (bicyclic) bond motifs is 1. The van der Waals surface area contributed by atoms with E-state index in [0.717, 1.165) is 11.3 Å². The lowest BCUT2D eigenvalue weighted by molar-refractivity contribution is 0.211. The molecule has 3 aromatic rings. The Kier molecular flexibility index (Phi) is 3.52. The van der Waals surface area contributed by atoms with Crippen molar-refractivity contribution in [3.63, 3.8) is 0 Å². The molecule has 0 spiro atoms. The summed E-state index contributed by atoms with van der Waals surface area (Å²) in [6.45, 7) is -0.513. The third-order valence-corrected chi connectivity index (χ3v) is 5.39. The standard InChI is InChI=1S/C19H17ClFN5S/c20-17-8-16-18(27-17)19(24-11-23-16)25-14-3-5-26(6-4-14)10-12-1-2-15(21)13(7-12)9-22/h1-2,7-8,11,14H,3-6,10H2,(H,23,24,25)/i1D,2D,7D,8D,10D/hD. The lowest BCUT2D eigenvalue weighted by atomic mass is 10.0. The van der Waals surface area contributed by atoms with Crippen LogP contribution in [0.1, 0.15) is 30.8 Å². The molecule has 3 heterocycles. The Bertz CT molecular complexity index is 1280. The average Bonchev–Trinajstić information content (AvgIpc) is 3.11. The number of anilines is 1. The van der Waals surface area contributed by atoms with Crippen LogP contribution in [-0.4, -0.2) is 34.0 Å². The largest absolute Gasteiger partial charge is 0.366 e. The van der Waals surface area contributed by atoms with Crippen LogP contribution in [0.5, 0.6) is 0 Å². The maximum absolute atomic E-state index is 14.1. The number of thiophene rings is 1. The van der Waals surface area contributed by atoms with E-state index in [4.69, 9.17) is 25.1 Å². The molecule has 1 atom stereocenters. The minimum Gasteiger partial charge on any atom is -0.366 e. The van der Waals surface area contributed by atoms with Crippen molar-refractivity contribution in [2.45, 2.75) is 25.4 Å². The third-order valence-electron chi connectivity index (χ3n) is 4.21. The lowest BCUT2D eigenvalue weighted by Gasteiger charge is -2.32. The molecule has 1 saturated heterocycles. The monoisotopic (exact) mass is 407 g/mol. The molecule has 0 saturated carbocycles. The molecule has 0 bridgehead atoms. The van der Waals surface area contributed by atoms with E-state index in [1.807, 2.05) is 0 Å². The summed E-state index contributed by atoms with van der Waals surface area (Å²) in [6, 6.07) is -0.487. The van der Waals surface area contributed by atoms with Gasteiger partial charge in [0.25, 0.3) is 0 Å². The lowest BCUT2D eigenvalue weighted by Crippen LogP contribution is -2.38. The van der Waals surface area contributed by atoms with Gasteiger partial charge in [-0.05, 0) is 36.5 Å². The van der Waals surface area contributed by atoms with E-state index >= 15 is 0 Å². The van der Waals surface area contributed by atoms with Crippen LogP contribution < -0.4 is 5.31 Å². The number of halogens is 2. The van der Waals surface area contributed by atoms with Gasteiger partial charge in [-0.2, -0.15) is 5.26 Å². The second-order valence-corrected chi connectivity index (χ2v) is 7.61. The van der Waals surface area contributed by atoms with Crippen molar-refractivity contribution in [3.8, 4) is 6.07 Å². The number of likely N-dealkylation sites (tertiary alicyclic amines) is 1. The van der Waals surface area contributed by atoms with Crippen molar-refractivity contribution in [2.24, 2.45) is 0 Å². The summed E-state index contributed by atoms with van der Waals surface area (Å²) < 4.78 is 63.9. The maximum Gasteiger partial charge on any atom is 0.162 e. The summed E-state index contributed by atoms with van der Waals surface area (Å²) in [5.74, 6) is -0.864. The Morgan fingerprint density at radius 3 is 3.04 bits per heavy atom. The van der Waals surface area contributed by atoms with Crippen LogP contribution in [0.2, 0.25) is 5.75 Å². The van der Waals surface area contributed by atoms with Gasteiger partial charge in [-0.15, -0.1) is 11.3 Å². The van der Waals surface area contributed by atoms with Crippen LogP contribution in [-0.2, 0) is 6.52 Å². The van der Waals surface area contributed by atoms with Gasteiger partial charge in [-0.3, -0.25) is 4.90 Å². The third kappa shape index (κ3) is 4.03. The molecule has 8 heteroatoms. The van der Waals surface area contributed by atoms with Crippen LogP contribution in [0.15, 0.2) is 30.5 Å². The number of hydrogen-bond acceptors (Lipinski definition) is 6. The Labute approximate surface area is 173 Å². The topological polar surface area (TPSA) is 64.8 Å². The fourth-order valence-electron chi connectivity index (χ4n) is 2.89. The number of benzene rings is 1. The molecule has 1 unspecified atom stereocenters. The van der Waals surface area contributed by atoms with Gasteiger partial charge in [0.05, 0.1) is 25.6 Å². The summed E-state index contributed by atoms with van der Waals surface area (Å²) in [4.78, 5) is 9.97. The van der Waals surface area contributed by atoms with Gasteiger partial charge in [0.1, 0.15) is 24.0 Å². The molecule has 138 valence electrons. The van der Waals surface area contributed by atoms with Crippen LogP contribution in [0.3, 0.4) is 0 Å². The second-order valence-electron chi connectivity index (χ2n) is 5.99. The first kappa shape index (κ1) is 12.2. The number of piperidine rings is 1. The molecule has 1 N–H and O–H groups in total. The summed E-state index contributed by atoms with van der Waals surface area (Å²) in [7, 11) is 0. The van der Waals surface area contributed by atoms with Crippen molar-refractivity contribution < 1.29 is 12.7 Å². The highest BCUT2D eigenvalue weighted by Crippen LogP contribution is 2.33. The zero-order chi connectivity index (χ0) is 24.0. The van der Waals surface area contributed by atoms with Crippen molar-refractivity contribution in [1.82, 2.24) is 14.9 Å². The molecule has 0 radical (unpaired) electrons. The predicted molar refractivity (Wildman–Crippen MR) is 105 cm³/mol. The van der Waals surface area contributed by atoms with Gasteiger partial charge >= 0.3 is 0 Å². The van der Waals surface area contributed by atoms with Gasteiger partial charge in [0, 0.05) is 27.0 Å². The Morgan fingerprint density at radius 1 is 1.44 bits per heavy atom. The van der Waals surface area contributed by atoms with E-state index in [0.29, 0.717) is 42.0 Å². The summed E-state index contributed by atoms with van der Waals surface area (Å²) >= 11 is 7.21. The van der Waals surface area contributed by atoms with Gasteiger partial charge in [-0.1, -0.05) is 17.6 Å². The summed E-state index contributed by atoms with van der Waals surface area (Å²) in [6.07, 6.45) is 2.23. The molecule has 1 aliphatic rings. The van der Waals surface area contributed by atoms with E-state index < -0.39 is 36.0 Å². The smallest absolute Gasteiger partial charge is 0.162 e. The molecule has 1 fully saturated rings. The minimum atomic E-state index is -1.22. The van der Waals surface area contributed by atoms with Gasteiger partial charge in [0.15, 0.2) is 1.41 Å². The van der Waals surface area contributed by atoms with E-state index in [9.17, 15) is 4.39 Å². The highest BCUT2D eigenvalue weighted by molar-refractivity contribution is 7.23. The Hall–Kier alpha value is -2.27. The van der Waals surface area contributed by atoms with Gasteiger partial charge in [-0.25, -0.2) is 14.4 Å². The highest BCUT2D eigenvalue weighted by atomic mass is 35.5. The fraction of sp³-hybridized carbons (Fsp3) is 0.316. The first-order valence-electron chi connectivity index (χ1n) is 11.2. The average molecular weight is 408 g/mol. The minimum absolute atomic E-state index is 0.0998. The molecule has 0 amide bonds. The van der Waals surface area contributed by atoms with E-state index in [1.165, 1.54) is 11.6 Å². The number of nitriles is 1.